The third kappa shape index (κ3) is 4.49. The van der Waals surface area contributed by atoms with E-state index in [4.69, 9.17) is 4.42 Å². The fraction of sp³-hybridized carbons (Fsp3) is 0.769. The van der Waals surface area contributed by atoms with Crippen molar-refractivity contribution in [3.8, 4) is 0 Å². The third-order valence-electron chi connectivity index (χ3n) is 3.17. The molecule has 1 aromatic rings. The van der Waals surface area contributed by atoms with Crippen LogP contribution in [0.15, 0.2) is 9.64 Å². The number of piperazine rings is 1. The molecule has 7 heteroatoms. The lowest BCUT2D eigenvalue weighted by molar-refractivity contribution is -0.130. The van der Waals surface area contributed by atoms with Crippen molar-refractivity contribution in [3.05, 3.63) is 5.89 Å². The topological polar surface area (TPSA) is 62.5 Å². The van der Waals surface area contributed by atoms with Crippen molar-refractivity contribution < 1.29 is 9.21 Å². The Morgan fingerprint density at radius 3 is 2.55 bits per heavy atom. The van der Waals surface area contributed by atoms with E-state index in [0.717, 1.165) is 32.7 Å². The van der Waals surface area contributed by atoms with Gasteiger partial charge in [-0.1, -0.05) is 25.6 Å². The van der Waals surface area contributed by atoms with Crippen LogP contribution in [0.25, 0.3) is 0 Å². The molecular formula is C13H22N4O2S. The fourth-order valence-corrected chi connectivity index (χ4v) is 2.96. The van der Waals surface area contributed by atoms with Crippen molar-refractivity contribution >= 4 is 17.7 Å². The number of hydrogen-bond donors (Lipinski definition) is 0. The molecule has 20 heavy (non-hydrogen) atoms. The number of amides is 1. The molecule has 0 atom stereocenters. The third-order valence-corrected chi connectivity index (χ3v) is 3.98. The maximum atomic E-state index is 12.1. The highest BCUT2D eigenvalue weighted by Gasteiger charge is 2.21. The average Bonchev–Trinajstić information content (AvgIpc) is 2.82. The lowest BCUT2D eigenvalue weighted by Gasteiger charge is -2.35. The molecule has 2 rings (SSSR count). The van der Waals surface area contributed by atoms with E-state index in [1.54, 1.807) is 6.92 Å². The van der Waals surface area contributed by atoms with Crippen molar-refractivity contribution in [3.63, 3.8) is 0 Å². The second-order valence-electron chi connectivity index (χ2n) is 5.45. The predicted molar refractivity (Wildman–Crippen MR) is 77.6 cm³/mol. The second kappa shape index (κ2) is 7.08. The number of aryl methyl sites for hydroxylation is 1. The van der Waals surface area contributed by atoms with Crippen molar-refractivity contribution in [1.82, 2.24) is 20.0 Å². The predicted octanol–water partition coefficient (Wildman–Crippen LogP) is 1.27. The maximum Gasteiger partial charge on any atom is 0.277 e. The Kier molecular flexibility index (Phi) is 5.42. The van der Waals surface area contributed by atoms with E-state index >= 15 is 0 Å². The Balaban J connectivity index is 1.72. The molecule has 112 valence electrons. The van der Waals surface area contributed by atoms with Gasteiger partial charge in [-0.3, -0.25) is 9.69 Å². The first-order chi connectivity index (χ1) is 9.54. The Morgan fingerprint density at radius 1 is 1.30 bits per heavy atom. The van der Waals surface area contributed by atoms with Crippen molar-refractivity contribution in [2.45, 2.75) is 26.0 Å². The number of carbonyl (C=O) groups is 1. The molecular weight excluding hydrogens is 276 g/mol. The van der Waals surface area contributed by atoms with E-state index in [1.807, 2.05) is 4.90 Å². The SMILES string of the molecule is Cc1nnc(SCC(=O)N2CCN(CC(C)C)CC2)o1. The average molecular weight is 298 g/mol. The molecule has 0 saturated carbocycles. The summed E-state index contributed by atoms with van der Waals surface area (Å²) in [5.41, 5.74) is 0. The van der Waals surface area contributed by atoms with E-state index in [-0.39, 0.29) is 5.91 Å². The van der Waals surface area contributed by atoms with Gasteiger partial charge in [-0.25, -0.2) is 0 Å². The van der Waals surface area contributed by atoms with E-state index in [0.29, 0.717) is 22.8 Å². The molecule has 0 unspecified atom stereocenters. The van der Waals surface area contributed by atoms with Crippen LogP contribution in [0.5, 0.6) is 0 Å². The first kappa shape index (κ1) is 15.3. The zero-order valence-corrected chi connectivity index (χ0v) is 13.2. The van der Waals surface area contributed by atoms with Crippen molar-refractivity contribution in [2.24, 2.45) is 5.92 Å². The van der Waals surface area contributed by atoms with Crippen LogP contribution in [0.4, 0.5) is 0 Å². The molecule has 0 aromatic carbocycles. The summed E-state index contributed by atoms with van der Waals surface area (Å²) < 4.78 is 5.24. The van der Waals surface area contributed by atoms with Crippen LogP contribution in [0, 0.1) is 12.8 Å². The van der Waals surface area contributed by atoms with Gasteiger partial charge in [-0.05, 0) is 5.92 Å². The normalized spacial score (nSPS) is 16.9. The van der Waals surface area contributed by atoms with Gasteiger partial charge < -0.3 is 9.32 Å². The molecule has 1 saturated heterocycles. The van der Waals surface area contributed by atoms with Crippen LogP contribution in [-0.4, -0.2) is 64.4 Å². The van der Waals surface area contributed by atoms with Crippen molar-refractivity contribution in [1.29, 1.82) is 0 Å². The minimum atomic E-state index is 0.148. The van der Waals surface area contributed by atoms with Crippen LogP contribution < -0.4 is 0 Å². The summed E-state index contributed by atoms with van der Waals surface area (Å²) in [6.07, 6.45) is 0. The van der Waals surface area contributed by atoms with Crippen LogP contribution in [-0.2, 0) is 4.79 Å². The van der Waals surface area contributed by atoms with Gasteiger partial charge in [0.25, 0.3) is 5.22 Å². The molecule has 0 spiro atoms. The smallest absolute Gasteiger partial charge is 0.277 e. The highest BCUT2D eigenvalue weighted by atomic mass is 32.2. The number of hydrogen-bond acceptors (Lipinski definition) is 6. The molecule has 1 amide bonds. The number of thioether (sulfide) groups is 1. The second-order valence-corrected chi connectivity index (χ2v) is 6.38. The van der Waals surface area contributed by atoms with Crippen molar-refractivity contribution in [2.75, 3.05) is 38.5 Å². The van der Waals surface area contributed by atoms with Gasteiger partial charge >= 0.3 is 0 Å². The quantitative estimate of drug-likeness (QED) is 0.763. The maximum absolute atomic E-state index is 12.1. The zero-order chi connectivity index (χ0) is 14.5. The van der Waals surface area contributed by atoms with Gasteiger partial charge in [0.2, 0.25) is 11.8 Å². The van der Waals surface area contributed by atoms with Crippen LogP contribution in [0.3, 0.4) is 0 Å². The van der Waals surface area contributed by atoms with Crippen LogP contribution >= 0.6 is 11.8 Å². The molecule has 0 radical (unpaired) electrons. The molecule has 6 nitrogen and oxygen atoms in total. The number of rotatable bonds is 5. The Labute approximate surface area is 123 Å². The molecule has 0 N–H and O–H groups in total. The molecule has 1 aliphatic rings. The summed E-state index contributed by atoms with van der Waals surface area (Å²) in [5.74, 6) is 1.72. The molecule has 1 fully saturated rings. The lowest BCUT2D eigenvalue weighted by Crippen LogP contribution is -2.49. The molecule has 1 aliphatic heterocycles. The minimum absolute atomic E-state index is 0.148. The number of nitrogens with zero attached hydrogens (tertiary/aromatic N) is 4. The van der Waals surface area contributed by atoms with Gasteiger partial charge in [0.15, 0.2) is 0 Å². The molecule has 0 aliphatic carbocycles. The van der Waals surface area contributed by atoms with E-state index in [1.165, 1.54) is 11.8 Å². The van der Waals surface area contributed by atoms with E-state index in [2.05, 4.69) is 28.9 Å². The number of carbonyl (C=O) groups excluding carboxylic acids is 1. The highest BCUT2D eigenvalue weighted by Crippen LogP contribution is 2.16. The Morgan fingerprint density at radius 2 is 2.00 bits per heavy atom. The Hall–Kier alpha value is -1.08. The summed E-state index contributed by atoms with van der Waals surface area (Å²) >= 11 is 1.31. The summed E-state index contributed by atoms with van der Waals surface area (Å²) in [6.45, 7) is 10.9. The monoisotopic (exact) mass is 298 g/mol. The standard InChI is InChI=1S/C13H22N4O2S/c1-10(2)8-16-4-6-17(7-5-16)12(18)9-20-13-15-14-11(3)19-13/h10H,4-9H2,1-3H3. The fourth-order valence-electron chi connectivity index (χ4n) is 2.25. The molecule has 2 heterocycles. The van der Waals surface area contributed by atoms with Gasteiger partial charge in [0.1, 0.15) is 0 Å². The number of aromatic nitrogens is 2. The minimum Gasteiger partial charge on any atom is -0.416 e. The zero-order valence-electron chi connectivity index (χ0n) is 12.3. The van der Waals surface area contributed by atoms with Gasteiger partial charge in [0, 0.05) is 39.6 Å². The molecule has 0 bridgehead atoms. The van der Waals surface area contributed by atoms with Gasteiger partial charge in [-0.15, -0.1) is 10.2 Å². The summed E-state index contributed by atoms with van der Waals surface area (Å²) in [4.78, 5) is 16.4. The molecule has 1 aromatic heterocycles. The first-order valence-electron chi connectivity index (χ1n) is 6.97. The van der Waals surface area contributed by atoms with E-state index < -0.39 is 0 Å². The largest absolute Gasteiger partial charge is 0.416 e. The Bertz CT molecular complexity index is 441. The lowest BCUT2D eigenvalue weighted by atomic mass is 10.2. The van der Waals surface area contributed by atoms with E-state index in [9.17, 15) is 4.79 Å². The summed E-state index contributed by atoms with van der Waals surface area (Å²) in [7, 11) is 0. The first-order valence-corrected chi connectivity index (χ1v) is 7.96. The summed E-state index contributed by atoms with van der Waals surface area (Å²) in [6, 6.07) is 0. The van der Waals surface area contributed by atoms with Gasteiger partial charge in [-0.2, -0.15) is 0 Å². The van der Waals surface area contributed by atoms with Crippen LogP contribution in [0.2, 0.25) is 0 Å². The highest BCUT2D eigenvalue weighted by molar-refractivity contribution is 7.99. The van der Waals surface area contributed by atoms with Gasteiger partial charge in [0.05, 0.1) is 5.75 Å². The van der Waals surface area contributed by atoms with Crippen LogP contribution in [0.1, 0.15) is 19.7 Å². The summed E-state index contributed by atoms with van der Waals surface area (Å²) in [5, 5.41) is 8.09.